The second-order valence-corrected chi connectivity index (χ2v) is 7.72. The van der Waals surface area contributed by atoms with Crippen molar-refractivity contribution in [1.82, 2.24) is 14.8 Å². The zero-order chi connectivity index (χ0) is 19.1. The molecule has 0 aliphatic carbocycles. The van der Waals surface area contributed by atoms with Gasteiger partial charge >= 0.3 is 0 Å². The van der Waals surface area contributed by atoms with Crippen molar-refractivity contribution < 1.29 is 9.90 Å². The normalized spacial score (nSPS) is 21.9. The third kappa shape index (κ3) is 3.03. The lowest BCUT2D eigenvalue weighted by atomic mass is 9.99. The quantitative estimate of drug-likeness (QED) is 0.870. The van der Waals surface area contributed by atoms with E-state index in [0.717, 1.165) is 35.5 Å². The number of anilines is 1. The van der Waals surface area contributed by atoms with E-state index in [0.29, 0.717) is 18.3 Å². The number of hydrogen-bond donors (Lipinski definition) is 2. The van der Waals surface area contributed by atoms with E-state index in [-0.39, 0.29) is 5.91 Å². The maximum Gasteiger partial charge on any atom is 0.267 e. The molecule has 27 heavy (non-hydrogen) atoms. The van der Waals surface area contributed by atoms with Crippen molar-refractivity contribution in [3.8, 4) is 11.3 Å². The molecule has 2 aromatic rings. The molecule has 1 aromatic heterocycles. The fraction of sp³-hybridized carbons (Fsp3) is 0.476. The van der Waals surface area contributed by atoms with Gasteiger partial charge in [-0.05, 0) is 45.0 Å². The van der Waals surface area contributed by atoms with Gasteiger partial charge < -0.3 is 24.8 Å². The van der Waals surface area contributed by atoms with E-state index in [1.807, 2.05) is 53.9 Å². The molecule has 2 aliphatic rings. The fourth-order valence-electron chi connectivity index (χ4n) is 4.49. The van der Waals surface area contributed by atoms with E-state index in [4.69, 9.17) is 0 Å². The first-order valence-electron chi connectivity index (χ1n) is 9.67. The molecule has 0 spiro atoms. The molecule has 0 saturated carbocycles. The van der Waals surface area contributed by atoms with Gasteiger partial charge in [-0.2, -0.15) is 0 Å². The Balaban J connectivity index is 1.55. The second kappa shape index (κ2) is 7.02. The number of likely N-dealkylation sites (tertiary alicyclic amines) is 1. The van der Waals surface area contributed by atoms with E-state index in [2.05, 4.69) is 17.3 Å². The maximum atomic E-state index is 12.8. The number of aliphatic hydroxyl groups excluding tert-OH is 1. The molecular formula is C21H28N4O2. The summed E-state index contributed by atoms with van der Waals surface area (Å²) >= 11 is 0. The van der Waals surface area contributed by atoms with E-state index in [9.17, 15) is 9.90 Å². The first kappa shape index (κ1) is 18.1. The highest BCUT2D eigenvalue weighted by atomic mass is 16.3. The molecule has 1 amide bonds. The predicted octanol–water partition coefficient (Wildman–Crippen LogP) is 2.35. The maximum absolute atomic E-state index is 12.8. The van der Waals surface area contributed by atoms with E-state index in [1.54, 1.807) is 0 Å². The highest BCUT2D eigenvalue weighted by molar-refractivity contribution is 5.96. The summed E-state index contributed by atoms with van der Waals surface area (Å²) in [4.78, 5) is 17.0. The summed E-state index contributed by atoms with van der Waals surface area (Å²) < 4.78 is 1.90. The molecule has 1 fully saturated rings. The highest BCUT2D eigenvalue weighted by Crippen LogP contribution is 2.43. The minimum Gasteiger partial charge on any atom is -0.369 e. The lowest BCUT2D eigenvalue weighted by Gasteiger charge is -2.33. The molecule has 1 saturated heterocycles. The fourth-order valence-corrected chi connectivity index (χ4v) is 4.49. The van der Waals surface area contributed by atoms with Gasteiger partial charge in [0.05, 0.1) is 5.69 Å². The molecule has 1 aromatic carbocycles. The van der Waals surface area contributed by atoms with Gasteiger partial charge in [-0.3, -0.25) is 4.79 Å². The summed E-state index contributed by atoms with van der Waals surface area (Å²) in [6, 6.07) is 10.4. The van der Waals surface area contributed by atoms with Crippen molar-refractivity contribution >= 4 is 11.6 Å². The minimum absolute atomic E-state index is 0.0834. The van der Waals surface area contributed by atoms with Gasteiger partial charge in [-0.1, -0.05) is 18.2 Å². The number of carbonyl (C=O) groups is 1. The summed E-state index contributed by atoms with van der Waals surface area (Å²) in [5.74, 6) is -0.0834. The largest absolute Gasteiger partial charge is 0.369 e. The monoisotopic (exact) mass is 368 g/mol. The van der Waals surface area contributed by atoms with Crippen LogP contribution in [0.15, 0.2) is 30.3 Å². The molecule has 0 radical (unpaired) electrons. The van der Waals surface area contributed by atoms with E-state index in [1.165, 1.54) is 12.8 Å². The van der Waals surface area contributed by atoms with Crippen LogP contribution in [0, 0.1) is 0 Å². The Morgan fingerprint density at radius 2 is 2.04 bits per heavy atom. The molecule has 3 heterocycles. The van der Waals surface area contributed by atoms with Crippen molar-refractivity contribution in [2.75, 3.05) is 32.1 Å². The lowest BCUT2D eigenvalue weighted by molar-refractivity contribution is 0.0942. The number of fused-ring (bicyclic) bond motifs is 3. The van der Waals surface area contributed by atoms with Gasteiger partial charge in [0, 0.05) is 43.5 Å². The molecule has 4 rings (SSSR count). The zero-order valence-electron chi connectivity index (χ0n) is 16.3. The molecule has 2 atom stereocenters. The number of carbonyl (C=O) groups excluding carboxylic acids is 1. The summed E-state index contributed by atoms with van der Waals surface area (Å²) in [7, 11) is 5.92. The molecule has 6 nitrogen and oxygen atoms in total. The first-order valence-corrected chi connectivity index (χ1v) is 9.67. The van der Waals surface area contributed by atoms with Crippen LogP contribution >= 0.6 is 0 Å². The Labute approximate surface area is 160 Å². The van der Waals surface area contributed by atoms with Crippen LogP contribution in [-0.4, -0.2) is 53.7 Å². The van der Waals surface area contributed by atoms with Crippen LogP contribution in [-0.2, 0) is 7.05 Å². The SMILES string of the molecule is CN1CCCC1CCNC(=O)c1cc2c(n1C)-c1ccccc1N(C)C2O. The average molecular weight is 368 g/mol. The molecule has 2 N–H and O–H groups in total. The standard InChI is InChI=1S/C21H28N4O2/c1-23-12-6-7-14(23)10-11-22-20(26)18-13-16-19(24(18)2)15-8-4-5-9-17(15)25(3)21(16)27/h4-5,8-9,13-14,21,27H,6-7,10-12H2,1-3H3,(H,22,26). The highest BCUT2D eigenvalue weighted by Gasteiger charge is 2.32. The van der Waals surface area contributed by atoms with E-state index >= 15 is 0 Å². The van der Waals surface area contributed by atoms with Gasteiger partial charge in [0.1, 0.15) is 5.69 Å². The van der Waals surface area contributed by atoms with E-state index < -0.39 is 6.23 Å². The number of nitrogens with one attached hydrogen (secondary N) is 1. The van der Waals surface area contributed by atoms with Gasteiger partial charge in [0.2, 0.25) is 0 Å². The van der Waals surface area contributed by atoms with Gasteiger partial charge in [0.15, 0.2) is 6.23 Å². The molecular weight excluding hydrogens is 340 g/mol. The van der Waals surface area contributed by atoms with Crippen molar-refractivity contribution in [2.45, 2.75) is 31.5 Å². The number of hydrogen-bond acceptors (Lipinski definition) is 4. The van der Waals surface area contributed by atoms with Gasteiger partial charge in [-0.25, -0.2) is 0 Å². The Hall–Kier alpha value is -2.31. The third-order valence-corrected chi connectivity index (χ3v) is 6.11. The van der Waals surface area contributed by atoms with Crippen LogP contribution in [0.4, 0.5) is 5.69 Å². The molecule has 2 aliphatic heterocycles. The van der Waals surface area contributed by atoms with Crippen molar-refractivity contribution in [3.05, 3.63) is 41.6 Å². The number of aliphatic hydroxyl groups is 1. The van der Waals surface area contributed by atoms with Gasteiger partial charge in [0.25, 0.3) is 5.91 Å². The van der Waals surface area contributed by atoms with Crippen LogP contribution < -0.4 is 10.2 Å². The number of aromatic nitrogens is 1. The van der Waals surface area contributed by atoms with Crippen molar-refractivity contribution in [3.63, 3.8) is 0 Å². The Morgan fingerprint density at radius 3 is 2.78 bits per heavy atom. The topological polar surface area (TPSA) is 60.7 Å². The minimum atomic E-state index is -0.755. The second-order valence-electron chi connectivity index (χ2n) is 7.72. The predicted molar refractivity (Wildman–Crippen MR) is 107 cm³/mol. The van der Waals surface area contributed by atoms with Crippen LogP contribution in [0.3, 0.4) is 0 Å². The van der Waals surface area contributed by atoms with Gasteiger partial charge in [-0.15, -0.1) is 0 Å². The first-order chi connectivity index (χ1) is 13.0. The lowest BCUT2D eigenvalue weighted by Crippen LogP contribution is -2.32. The van der Waals surface area contributed by atoms with Crippen LogP contribution in [0.1, 0.15) is 41.5 Å². The number of benzene rings is 1. The molecule has 6 heteroatoms. The molecule has 144 valence electrons. The summed E-state index contributed by atoms with van der Waals surface area (Å²) in [6.45, 7) is 1.82. The number of amides is 1. The van der Waals surface area contributed by atoms with Crippen molar-refractivity contribution in [1.29, 1.82) is 0 Å². The Kier molecular flexibility index (Phi) is 4.70. The third-order valence-electron chi connectivity index (χ3n) is 6.11. The smallest absolute Gasteiger partial charge is 0.267 e. The van der Waals surface area contributed by atoms with Crippen LogP contribution in [0.25, 0.3) is 11.3 Å². The van der Waals surface area contributed by atoms with Crippen molar-refractivity contribution in [2.24, 2.45) is 7.05 Å². The van der Waals surface area contributed by atoms with Crippen LogP contribution in [0.2, 0.25) is 0 Å². The number of rotatable bonds is 4. The van der Waals surface area contributed by atoms with Crippen LogP contribution in [0.5, 0.6) is 0 Å². The molecule has 2 unspecified atom stereocenters. The Morgan fingerprint density at radius 1 is 1.26 bits per heavy atom. The number of nitrogens with zero attached hydrogens (tertiary/aromatic N) is 3. The summed E-state index contributed by atoms with van der Waals surface area (Å²) in [5, 5.41) is 13.8. The number of para-hydroxylation sites is 1. The zero-order valence-corrected chi connectivity index (χ0v) is 16.3. The Bertz CT molecular complexity index is 860. The average Bonchev–Trinajstić information content (AvgIpc) is 3.23. The summed E-state index contributed by atoms with van der Waals surface area (Å²) in [6.07, 6.45) is 2.67. The molecule has 0 bridgehead atoms. The summed E-state index contributed by atoms with van der Waals surface area (Å²) in [5.41, 5.74) is 4.28.